The van der Waals surface area contributed by atoms with Crippen LogP contribution < -0.4 is 5.32 Å². The number of aromatic amines is 1. The number of nitrogens with zero attached hydrogens (tertiary/aromatic N) is 1. The van der Waals surface area contributed by atoms with Gasteiger partial charge in [0, 0.05) is 59.9 Å². The van der Waals surface area contributed by atoms with E-state index in [-0.39, 0.29) is 22.0 Å². The first-order valence-electron chi connectivity index (χ1n) is 9.66. The second kappa shape index (κ2) is 8.39. The molecule has 4 rings (SSSR count). The molecule has 0 aliphatic carbocycles. The zero-order valence-electron chi connectivity index (χ0n) is 15.8. The molecule has 29 heavy (non-hydrogen) atoms. The van der Waals surface area contributed by atoms with Crippen molar-refractivity contribution in [2.45, 2.75) is 44.2 Å². The fraction of sp³-hybridized carbons (Fsp3) is 0.526. The summed E-state index contributed by atoms with van der Waals surface area (Å²) in [5.74, 6) is -0.431. The fourth-order valence-corrected chi connectivity index (χ4v) is 6.51. The lowest BCUT2D eigenvalue weighted by atomic mass is 9.95. The topological polar surface area (TPSA) is 73.2 Å². The van der Waals surface area contributed by atoms with E-state index < -0.39 is 22.2 Å². The molecule has 4 N–H and O–H groups in total. The molecule has 1 saturated heterocycles. The van der Waals surface area contributed by atoms with Gasteiger partial charge in [0.2, 0.25) is 0 Å². The van der Waals surface area contributed by atoms with Crippen molar-refractivity contribution in [1.82, 2.24) is 14.9 Å². The zero-order valence-corrected chi connectivity index (χ0v) is 19.0. The number of halogens is 3. The molecule has 0 spiro atoms. The first-order chi connectivity index (χ1) is 13.7. The first kappa shape index (κ1) is 21.5. The van der Waals surface area contributed by atoms with Gasteiger partial charge in [-0.15, -0.1) is 0 Å². The third kappa shape index (κ3) is 4.47. The average Bonchev–Trinajstić information content (AvgIpc) is 3.21. The van der Waals surface area contributed by atoms with Crippen LogP contribution in [0.3, 0.4) is 0 Å². The molecular formula is C19H24BrF2N3O2S2. The second-order valence-corrected chi connectivity index (χ2v) is 11.5. The third-order valence-electron chi connectivity index (χ3n) is 5.90. The highest BCUT2D eigenvalue weighted by atomic mass is 79.9. The van der Waals surface area contributed by atoms with E-state index >= 15 is 0 Å². The summed E-state index contributed by atoms with van der Waals surface area (Å²) in [6, 6.07) is 2.96. The van der Waals surface area contributed by atoms with Crippen molar-refractivity contribution < 1.29 is 17.9 Å². The van der Waals surface area contributed by atoms with Crippen LogP contribution in [0, 0.1) is 16.4 Å². The molecule has 0 amide bonds. The molecule has 0 saturated carbocycles. The summed E-state index contributed by atoms with van der Waals surface area (Å²) in [7, 11) is -2.37. The van der Waals surface area contributed by atoms with E-state index in [1.165, 1.54) is 12.1 Å². The van der Waals surface area contributed by atoms with Gasteiger partial charge < -0.3 is 14.9 Å². The molecule has 2 aromatic rings. The lowest BCUT2D eigenvalue weighted by Gasteiger charge is -2.39. The number of fused-ring (bicyclic) bond motifs is 1. The van der Waals surface area contributed by atoms with Crippen molar-refractivity contribution in [3.05, 3.63) is 50.0 Å². The molecule has 1 atom stereocenters. The van der Waals surface area contributed by atoms with Gasteiger partial charge in [0.05, 0.1) is 4.47 Å². The lowest BCUT2D eigenvalue weighted by molar-refractivity contribution is 0.423. The highest BCUT2D eigenvalue weighted by Crippen LogP contribution is 2.43. The number of nitrogens with one attached hydrogen (secondary N) is 2. The van der Waals surface area contributed by atoms with Crippen LogP contribution in [0.4, 0.5) is 8.78 Å². The van der Waals surface area contributed by atoms with Crippen LogP contribution in [0.25, 0.3) is 0 Å². The van der Waals surface area contributed by atoms with Crippen LogP contribution in [-0.4, -0.2) is 42.7 Å². The number of aromatic nitrogens is 2. The Kier molecular flexibility index (Phi) is 6.21. The Bertz CT molecular complexity index is 969. The Balaban J connectivity index is 1.42. The van der Waals surface area contributed by atoms with Crippen LogP contribution in [0.15, 0.2) is 16.6 Å². The van der Waals surface area contributed by atoms with Gasteiger partial charge in [0.15, 0.2) is 4.77 Å². The molecule has 1 aromatic heterocycles. The Labute approximate surface area is 183 Å². The molecule has 1 unspecified atom stereocenters. The Morgan fingerprint density at radius 2 is 2.00 bits per heavy atom. The first-order valence-corrected chi connectivity index (χ1v) is 12.7. The molecule has 3 heterocycles. The summed E-state index contributed by atoms with van der Waals surface area (Å²) < 4.78 is 51.1. The minimum atomic E-state index is -2.37. The largest absolute Gasteiger partial charge is 0.334 e. The zero-order chi connectivity index (χ0) is 20.8. The maximum atomic E-state index is 14.5. The van der Waals surface area contributed by atoms with Crippen molar-refractivity contribution in [3.63, 3.8) is 0 Å². The number of imidazole rings is 1. The van der Waals surface area contributed by atoms with Gasteiger partial charge >= 0.3 is 0 Å². The van der Waals surface area contributed by atoms with Crippen molar-refractivity contribution in [2.75, 3.05) is 18.1 Å². The van der Waals surface area contributed by atoms with Crippen molar-refractivity contribution >= 4 is 38.7 Å². The van der Waals surface area contributed by atoms with E-state index in [1.54, 1.807) is 0 Å². The summed E-state index contributed by atoms with van der Waals surface area (Å²) in [4.78, 5) is 3.24. The van der Waals surface area contributed by atoms with Crippen LogP contribution in [0.2, 0.25) is 0 Å². The standard InChI is InChI=1S/C19H24BrF2N3O2S2/c20-13-1-2-14(21)17(18(13)22)11-9-16-15(24-19(28)25(16)10-11)3-6-23-12-4-7-29(26,27)8-5-12/h1-2,11-12,23,26-27H,3-10H2,(H,24,28). The van der Waals surface area contributed by atoms with Crippen molar-refractivity contribution in [1.29, 1.82) is 0 Å². The number of hydrogen-bond acceptors (Lipinski definition) is 4. The Morgan fingerprint density at radius 1 is 1.28 bits per heavy atom. The van der Waals surface area contributed by atoms with Gasteiger partial charge in [-0.05, 0) is 59.5 Å². The van der Waals surface area contributed by atoms with E-state index in [4.69, 9.17) is 12.2 Å². The number of hydrogen-bond donors (Lipinski definition) is 4. The van der Waals surface area contributed by atoms with Gasteiger partial charge in [-0.1, -0.05) is 0 Å². The van der Waals surface area contributed by atoms with Crippen LogP contribution in [-0.2, 0) is 19.4 Å². The molecule has 1 aromatic carbocycles. The summed E-state index contributed by atoms with van der Waals surface area (Å²) in [5.41, 5.74) is 2.13. The Hall–Kier alpha value is -0.780. The molecule has 0 bridgehead atoms. The smallest absolute Gasteiger partial charge is 0.177 e. The maximum Gasteiger partial charge on any atom is 0.177 e. The molecule has 5 nitrogen and oxygen atoms in total. The number of H-pyrrole nitrogens is 1. The SMILES string of the molecule is OS1(O)CCC(NCCc2[nH]c(=S)n3c2CC(c2c(F)ccc(Br)c2F)C3)CC1. The van der Waals surface area contributed by atoms with E-state index in [1.807, 2.05) is 4.57 Å². The van der Waals surface area contributed by atoms with Gasteiger partial charge in [-0.3, -0.25) is 9.11 Å². The van der Waals surface area contributed by atoms with E-state index in [2.05, 4.69) is 26.2 Å². The normalized spacial score (nSPS) is 22.6. The van der Waals surface area contributed by atoms with Crippen molar-refractivity contribution in [2.24, 2.45) is 0 Å². The van der Waals surface area contributed by atoms with Crippen molar-refractivity contribution in [3.8, 4) is 0 Å². The summed E-state index contributed by atoms with van der Waals surface area (Å²) in [6.07, 6.45) is 2.79. The Morgan fingerprint density at radius 3 is 2.72 bits per heavy atom. The molecule has 1 fully saturated rings. The van der Waals surface area contributed by atoms with Gasteiger partial charge in [-0.2, -0.15) is 10.6 Å². The second-order valence-electron chi connectivity index (χ2n) is 7.81. The minimum absolute atomic E-state index is 0.114. The third-order valence-corrected chi connectivity index (χ3v) is 8.62. The van der Waals surface area contributed by atoms with E-state index in [0.717, 1.165) is 37.2 Å². The summed E-state index contributed by atoms with van der Waals surface area (Å²) in [6.45, 7) is 1.19. The van der Waals surface area contributed by atoms with E-state index in [9.17, 15) is 17.9 Å². The summed E-state index contributed by atoms with van der Waals surface area (Å²) in [5, 5.41) is 3.48. The predicted molar refractivity (Wildman–Crippen MR) is 117 cm³/mol. The highest BCUT2D eigenvalue weighted by Gasteiger charge is 2.31. The quantitative estimate of drug-likeness (QED) is 0.340. The molecule has 2 aliphatic heterocycles. The fourth-order valence-electron chi connectivity index (χ4n) is 4.33. The monoisotopic (exact) mass is 507 g/mol. The highest BCUT2D eigenvalue weighted by molar-refractivity contribution is 9.10. The lowest BCUT2D eigenvalue weighted by Crippen LogP contribution is -2.37. The van der Waals surface area contributed by atoms with Gasteiger partial charge in [0.25, 0.3) is 0 Å². The van der Waals surface area contributed by atoms with Crippen LogP contribution in [0.1, 0.15) is 35.7 Å². The van der Waals surface area contributed by atoms with Gasteiger partial charge in [-0.25, -0.2) is 8.78 Å². The van der Waals surface area contributed by atoms with E-state index in [0.29, 0.717) is 29.2 Å². The number of benzene rings is 1. The number of rotatable bonds is 5. The average molecular weight is 508 g/mol. The minimum Gasteiger partial charge on any atom is -0.334 e. The van der Waals surface area contributed by atoms with Crippen LogP contribution in [0.5, 0.6) is 0 Å². The molecule has 160 valence electrons. The van der Waals surface area contributed by atoms with Crippen LogP contribution >= 0.6 is 38.7 Å². The molecule has 0 radical (unpaired) electrons. The summed E-state index contributed by atoms with van der Waals surface area (Å²) >= 11 is 8.58. The molecular weight excluding hydrogens is 484 g/mol. The van der Waals surface area contributed by atoms with Gasteiger partial charge in [0.1, 0.15) is 11.6 Å². The predicted octanol–water partition coefficient (Wildman–Crippen LogP) is 4.97. The maximum absolute atomic E-state index is 14.5. The molecule has 10 heteroatoms. The molecule has 2 aliphatic rings.